The molecule has 2 amide bonds. The lowest BCUT2D eigenvalue weighted by Gasteiger charge is -2.30. The third-order valence-corrected chi connectivity index (χ3v) is 7.44. The maximum atomic E-state index is 13.0. The summed E-state index contributed by atoms with van der Waals surface area (Å²) in [4.78, 5) is 30.0. The minimum Gasteiger partial charge on any atom is -0.299 e. The van der Waals surface area contributed by atoms with Crippen LogP contribution in [0.1, 0.15) is 39.1 Å². The predicted octanol–water partition coefficient (Wildman–Crippen LogP) is 5.71. The second-order valence-electron chi connectivity index (χ2n) is 8.92. The molecule has 0 saturated carbocycles. The van der Waals surface area contributed by atoms with Crippen LogP contribution in [0.15, 0.2) is 77.3 Å². The fraction of sp³-hybridized carbons (Fsp3) is 0.286. The van der Waals surface area contributed by atoms with Gasteiger partial charge in [-0.3, -0.25) is 19.4 Å². The summed E-state index contributed by atoms with van der Waals surface area (Å²) in [5, 5.41) is 1.74. The third-order valence-electron chi connectivity index (χ3n) is 6.67. The number of halogens is 1. The van der Waals surface area contributed by atoms with Crippen molar-refractivity contribution < 1.29 is 9.59 Å². The number of benzene rings is 3. The normalized spacial score (nSPS) is 18.3. The summed E-state index contributed by atoms with van der Waals surface area (Å²) in [7, 11) is 0. The summed E-state index contributed by atoms with van der Waals surface area (Å²) in [5.74, 6) is 0.164. The number of carbonyl (C=O) groups is 2. The molecule has 3 aromatic carbocycles. The Morgan fingerprint density at radius 2 is 1.55 bits per heavy atom. The zero-order chi connectivity index (χ0) is 22.8. The van der Waals surface area contributed by atoms with Crippen molar-refractivity contribution in [3.63, 3.8) is 0 Å². The number of nitrogens with zero attached hydrogens (tertiary/aromatic N) is 2. The summed E-state index contributed by atoms with van der Waals surface area (Å²) in [6, 6.07) is 19.8. The van der Waals surface area contributed by atoms with Crippen LogP contribution in [0.25, 0.3) is 10.8 Å². The second-order valence-corrected chi connectivity index (χ2v) is 9.78. The molecule has 0 fully saturated rings. The number of amides is 2. The van der Waals surface area contributed by atoms with Gasteiger partial charge < -0.3 is 0 Å². The molecule has 5 heteroatoms. The van der Waals surface area contributed by atoms with Gasteiger partial charge in [0, 0.05) is 40.6 Å². The number of imide groups is 1. The van der Waals surface area contributed by atoms with Crippen LogP contribution in [-0.2, 0) is 6.42 Å². The number of carbonyl (C=O) groups excluding carboxylic acids is 2. The van der Waals surface area contributed by atoms with Crippen molar-refractivity contribution in [2.24, 2.45) is 5.92 Å². The van der Waals surface area contributed by atoms with Gasteiger partial charge in [0.1, 0.15) is 0 Å². The lowest BCUT2D eigenvalue weighted by molar-refractivity contribution is 0.0606. The number of rotatable bonds is 7. The van der Waals surface area contributed by atoms with Crippen LogP contribution in [-0.4, -0.2) is 47.8 Å². The zero-order valence-corrected chi connectivity index (χ0v) is 20.1. The van der Waals surface area contributed by atoms with E-state index in [0.29, 0.717) is 23.6 Å². The van der Waals surface area contributed by atoms with Crippen molar-refractivity contribution >= 4 is 38.5 Å². The van der Waals surface area contributed by atoms with E-state index in [-0.39, 0.29) is 11.8 Å². The first-order valence-corrected chi connectivity index (χ1v) is 12.4. The zero-order valence-electron chi connectivity index (χ0n) is 18.5. The van der Waals surface area contributed by atoms with Gasteiger partial charge in [0.25, 0.3) is 11.8 Å². The standard InChI is InChI=1S/C28H27BrN2O2/c29-25-14-2-1-9-22(25)18-20-8-7-16-30(19-20)15-3-4-17-31-27(32)23-12-5-10-21-11-6-13-24(26(21)23)28(31)33/h1-2,5-14,20H,3-4,15-19H2. The van der Waals surface area contributed by atoms with Crippen molar-refractivity contribution in [3.8, 4) is 0 Å². The van der Waals surface area contributed by atoms with E-state index in [1.54, 1.807) is 0 Å². The first-order chi connectivity index (χ1) is 16.1. The number of hydrogen-bond donors (Lipinski definition) is 0. The lowest BCUT2D eigenvalue weighted by atomic mass is 9.94. The highest BCUT2D eigenvalue weighted by Gasteiger charge is 2.32. The predicted molar refractivity (Wildman–Crippen MR) is 135 cm³/mol. The van der Waals surface area contributed by atoms with E-state index in [2.05, 4.69) is 51.2 Å². The van der Waals surface area contributed by atoms with E-state index < -0.39 is 0 Å². The molecule has 1 atom stereocenters. The van der Waals surface area contributed by atoms with Gasteiger partial charge >= 0.3 is 0 Å². The van der Waals surface area contributed by atoms with Crippen molar-refractivity contribution in [2.75, 3.05) is 26.2 Å². The fourth-order valence-corrected chi connectivity index (χ4v) is 5.47. The van der Waals surface area contributed by atoms with Gasteiger partial charge in [-0.2, -0.15) is 0 Å². The van der Waals surface area contributed by atoms with Crippen LogP contribution in [0.2, 0.25) is 0 Å². The van der Waals surface area contributed by atoms with Gasteiger partial charge in [0.2, 0.25) is 0 Å². The van der Waals surface area contributed by atoms with Crippen molar-refractivity contribution in [3.05, 3.63) is 94.0 Å². The van der Waals surface area contributed by atoms with Crippen LogP contribution in [0.5, 0.6) is 0 Å². The monoisotopic (exact) mass is 502 g/mol. The minimum absolute atomic E-state index is 0.168. The Hall–Kier alpha value is -2.76. The summed E-state index contributed by atoms with van der Waals surface area (Å²) in [6.07, 6.45) is 7.39. The number of hydrogen-bond acceptors (Lipinski definition) is 3. The summed E-state index contributed by atoms with van der Waals surface area (Å²) < 4.78 is 1.17. The Bertz CT molecular complexity index is 1180. The van der Waals surface area contributed by atoms with Crippen LogP contribution < -0.4 is 0 Å². The van der Waals surface area contributed by atoms with E-state index in [9.17, 15) is 9.59 Å². The fourth-order valence-electron chi connectivity index (χ4n) is 5.02. The lowest BCUT2D eigenvalue weighted by Crippen LogP contribution is -2.41. The molecule has 33 heavy (non-hydrogen) atoms. The van der Waals surface area contributed by atoms with Gasteiger partial charge in [-0.25, -0.2) is 0 Å². The second kappa shape index (κ2) is 9.62. The molecule has 2 aliphatic heterocycles. The molecule has 0 spiro atoms. The highest BCUT2D eigenvalue weighted by atomic mass is 79.9. The molecule has 0 bridgehead atoms. The van der Waals surface area contributed by atoms with Gasteiger partial charge in [-0.05, 0) is 60.9 Å². The van der Waals surface area contributed by atoms with E-state index in [1.807, 2.05) is 42.5 Å². The van der Waals surface area contributed by atoms with Gasteiger partial charge in [-0.1, -0.05) is 70.5 Å². The average Bonchev–Trinajstić information content (AvgIpc) is 2.83. The van der Waals surface area contributed by atoms with E-state index in [1.165, 1.54) is 14.9 Å². The molecule has 2 heterocycles. The molecule has 0 saturated heterocycles. The molecule has 3 aromatic rings. The van der Waals surface area contributed by atoms with E-state index in [4.69, 9.17) is 0 Å². The van der Waals surface area contributed by atoms with Crippen molar-refractivity contribution in [1.82, 2.24) is 9.80 Å². The van der Waals surface area contributed by atoms with Crippen LogP contribution in [0.4, 0.5) is 0 Å². The first kappa shape index (κ1) is 22.1. The Labute approximate surface area is 203 Å². The molecule has 0 aliphatic carbocycles. The molecule has 168 valence electrons. The number of unbranched alkanes of at least 4 members (excludes halogenated alkanes) is 1. The third kappa shape index (κ3) is 4.53. The average molecular weight is 503 g/mol. The van der Waals surface area contributed by atoms with E-state index >= 15 is 0 Å². The van der Waals surface area contributed by atoms with Gasteiger partial charge in [-0.15, -0.1) is 0 Å². The van der Waals surface area contributed by atoms with Crippen LogP contribution in [0, 0.1) is 5.92 Å². The molecule has 0 aromatic heterocycles. The molecule has 2 aliphatic rings. The molecule has 0 radical (unpaired) electrons. The van der Waals surface area contributed by atoms with Gasteiger partial charge in [0.15, 0.2) is 0 Å². The summed E-state index contributed by atoms with van der Waals surface area (Å²) in [6.45, 7) is 3.43. The summed E-state index contributed by atoms with van der Waals surface area (Å²) in [5.41, 5.74) is 2.61. The highest BCUT2D eigenvalue weighted by molar-refractivity contribution is 9.10. The minimum atomic E-state index is -0.168. The molecular formula is C28H27BrN2O2. The maximum Gasteiger partial charge on any atom is 0.261 e. The van der Waals surface area contributed by atoms with E-state index in [0.717, 1.165) is 49.7 Å². The smallest absolute Gasteiger partial charge is 0.261 e. The maximum absolute atomic E-state index is 13.0. The molecule has 0 N–H and O–H groups in total. The molecule has 5 rings (SSSR count). The topological polar surface area (TPSA) is 40.6 Å². The largest absolute Gasteiger partial charge is 0.299 e. The van der Waals surface area contributed by atoms with Gasteiger partial charge in [0.05, 0.1) is 0 Å². The molecule has 4 nitrogen and oxygen atoms in total. The first-order valence-electron chi connectivity index (χ1n) is 11.6. The van der Waals surface area contributed by atoms with Crippen LogP contribution >= 0.6 is 15.9 Å². The SMILES string of the molecule is O=C1c2cccc3cccc(c23)C(=O)N1CCCCN1CC=CC(Cc2ccccc2Br)C1. The Balaban J connectivity index is 1.16. The highest BCUT2D eigenvalue weighted by Crippen LogP contribution is 2.30. The Morgan fingerprint density at radius 1 is 0.848 bits per heavy atom. The quantitative estimate of drug-likeness (QED) is 0.236. The summed E-state index contributed by atoms with van der Waals surface area (Å²) >= 11 is 3.66. The van der Waals surface area contributed by atoms with Crippen molar-refractivity contribution in [1.29, 1.82) is 0 Å². The Morgan fingerprint density at radius 3 is 2.27 bits per heavy atom. The molecular weight excluding hydrogens is 476 g/mol. The van der Waals surface area contributed by atoms with Crippen LogP contribution in [0.3, 0.4) is 0 Å². The molecule has 1 unspecified atom stereocenters. The van der Waals surface area contributed by atoms with Crippen molar-refractivity contribution in [2.45, 2.75) is 19.3 Å². The Kier molecular flexibility index (Phi) is 6.43.